The Bertz CT molecular complexity index is 432. The Kier molecular flexibility index (Phi) is 5.32. The zero-order valence-electron chi connectivity index (χ0n) is 10.6. The monoisotopic (exact) mass is 250 g/mol. The molecular weight excluding hydrogens is 232 g/mol. The summed E-state index contributed by atoms with van der Waals surface area (Å²) in [4.78, 5) is 23.9. The molecule has 0 saturated heterocycles. The lowest BCUT2D eigenvalue weighted by Gasteiger charge is -2.17. The number of carboxylic acid groups (broad SMARTS) is 1. The van der Waals surface area contributed by atoms with Gasteiger partial charge in [-0.15, -0.1) is 0 Å². The molecule has 0 radical (unpaired) electrons. The molecule has 18 heavy (non-hydrogen) atoms. The number of amides is 1. The minimum atomic E-state index is -0.930. The number of aliphatic carboxylic acids is 1. The zero-order chi connectivity index (χ0) is 13.5. The van der Waals surface area contributed by atoms with Crippen molar-refractivity contribution in [2.24, 2.45) is 0 Å². The molecule has 1 rings (SSSR count). The molecule has 0 fully saturated rings. The van der Waals surface area contributed by atoms with E-state index in [1.54, 1.807) is 4.90 Å². The lowest BCUT2D eigenvalue weighted by Crippen LogP contribution is -2.36. The minimum absolute atomic E-state index is 0.0805. The maximum absolute atomic E-state index is 11.8. The number of likely N-dealkylation sites (N-methyl/N-ethyl adjacent to an activating group) is 1. The van der Waals surface area contributed by atoms with Crippen molar-refractivity contribution >= 4 is 17.6 Å². The predicted molar refractivity (Wildman–Crippen MR) is 69.6 cm³/mol. The van der Waals surface area contributed by atoms with Gasteiger partial charge in [-0.3, -0.25) is 14.5 Å². The summed E-state index contributed by atoms with van der Waals surface area (Å²) >= 11 is 0. The first-order valence-electron chi connectivity index (χ1n) is 5.82. The second-order valence-electron chi connectivity index (χ2n) is 4.06. The minimum Gasteiger partial charge on any atom is -0.480 e. The fourth-order valence-corrected chi connectivity index (χ4v) is 1.58. The number of nitrogens with one attached hydrogen (secondary N) is 1. The van der Waals surface area contributed by atoms with Crippen LogP contribution in [-0.2, 0) is 9.59 Å². The Labute approximate surface area is 106 Å². The Morgan fingerprint density at radius 2 is 1.94 bits per heavy atom. The van der Waals surface area contributed by atoms with Crippen LogP contribution >= 0.6 is 0 Å². The van der Waals surface area contributed by atoms with Gasteiger partial charge in [-0.2, -0.15) is 0 Å². The summed E-state index contributed by atoms with van der Waals surface area (Å²) in [5, 5.41) is 11.5. The van der Waals surface area contributed by atoms with Gasteiger partial charge in [-0.1, -0.05) is 25.1 Å². The van der Waals surface area contributed by atoms with Crippen molar-refractivity contribution in [3.05, 3.63) is 29.8 Å². The van der Waals surface area contributed by atoms with Gasteiger partial charge < -0.3 is 10.4 Å². The van der Waals surface area contributed by atoms with Crippen LogP contribution in [0.1, 0.15) is 12.5 Å². The van der Waals surface area contributed by atoms with Crippen molar-refractivity contribution in [1.29, 1.82) is 0 Å². The molecular formula is C13H18N2O3. The highest BCUT2D eigenvalue weighted by Gasteiger charge is 2.12. The molecule has 0 aliphatic rings. The molecule has 0 heterocycles. The molecule has 0 aliphatic carbocycles. The lowest BCUT2D eigenvalue weighted by molar-refractivity contribution is -0.138. The van der Waals surface area contributed by atoms with Crippen LogP contribution in [0.4, 0.5) is 5.69 Å². The zero-order valence-corrected chi connectivity index (χ0v) is 10.6. The van der Waals surface area contributed by atoms with E-state index >= 15 is 0 Å². The number of carbonyl (C=O) groups is 2. The summed E-state index contributed by atoms with van der Waals surface area (Å²) in [6.07, 6.45) is 0. The number of aryl methyl sites for hydroxylation is 1. The van der Waals surface area contributed by atoms with E-state index < -0.39 is 5.97 Å². The largest absolute Gasteiger partial charge is 0.480 e. The first kappa shape index (κ1) is 14.2. The van der Waals surface area contributed by atoms with Crippen LogP contribution in [0.2, 0.25) is 0 Å². The van der Waals surface area contributed by atoms with E-state index in [4.69, 9.17) is 5.11 Å². The topological polar surface area (TPSA) is 69.6 Å². The van der Waals surface area contributed by atoms with Crippen LogP contribution in [0.5, 0.6) is 0 Å². The number of carboxylic acids is 1. The standard InChI is InChI=1S/C13H18N2O3/c1-3-15(9-13(17)18)8-12(16)14-11-7-5-4-6-10(11)2/h4-7H,3,8-9H2,1-2H3,(H,14,16)(H,17,18). The van der Waals surface area contributed by atoms with Crippen molar-refractivity contribution in [1.82, 2.24) is 4.90 Å². The number of carbonyl (C=O) groups excluding carboxylic acids is 1. The number of benzene rings is 1. The Morgan fingerprint density at radius 3 is 2.50 bits per heavy atom. The highest BCUT2D eigenvalue weighted by molar-refractivity contribution is 5.93. The molecule has 0 saturated carbocycles. The lowest BCUT2D eigenvalue weighted by atomic mass is 10.2. The summed E-state index contributed by atoms with van der Waals surface area (Å²) in [5.41, 5.74) is 1.74. The number of hydrogen-bond acceptors (Lipinski definition) is 3. The molecule has 0 spiro atoms. The number of rotatable bonds is 6. The van der Waals surface area contributed by atoms with Gasteiger partial charge in [0.15, 0.2) is 0 Å². The van der Waals surface area contributed by atoms with Gasteiger partial charge >= 0.3 is 5.97 Å². The molecule has 0 aliphatic heterocycles. The van der Waals surface area contributed by atoms with Crippen molar-refractivity contribution in [3.63, 3.8) is 0 Å². The van der Waals surface area contributed by atoms with Crippen LogP contribution < -0.4 is 5.32 Å². The highest BCUT2D eigenvalue weighted by atomic mass is 16.4. The fourth-order valence-electron chi connectivity index (χ4n) is 1.58. The normalized spacial score (nSPS) is 10.4. The molecule has 5 nitrogen and oxygen atoms in total. The van der Waals surface area contributed by atoms with Crippen molar-refractivity contribution in [2.45, 2.75) is 13.8 Å². The third kappa shape index (κ3) is 4.55. The second-order valence-corrected chi connectivity index (χ2v) is 4.06. The Morgan fingerprint density at radius 1 is 1.28 bits per heavy atom. The van der Waals surface area contributed by atoms with Gasteiger partial charge in [0.25, 0.3) is 0 Å². The molecule has 1 amide bonds. The first-order valence-corrected chi connectivity index (χ1v) is 5.82. The van der Waals surface area contributed by atoms with E-state index in [1.165, 1.54) is 0 Å². The maximum Gasteiger partial charge on any atom is 0.317 e. The molecule has 0 bridgehead atoms. The van der Waals surface area contributed by atoms with E-state index in [9.17, 15) is 9.59 Å². The van der Waals surface area contributed by atoms with Gasteiger partial charge in [0, 0.05) is 5.69 Å². The Hall–Kier alpha value is -1.88. The average molecular weight is 250 g/mol. The SMILES string of the molecule is CCN(CC(=O)O)CC(=O)Nc1ccccc1C. The predicted octanol–water partition coefficient (Wildman–Crippen LogP) is 1.34. The van der Waals surface area contributed by atoms with Gasteiger partial charge in [0.05, 0.1) is 13.1 Å². The fraction of sp³-hybridized carbons (Fsp3) is 0.385. The average Bonchev–Trinajstić information content (AvgIpc) is 2.30. The number of nitrogens with zero attached hydrogens (tertiary/aromatic N) is 1. The summed E-state index contributed by atoms with van der Waals surface area (Å²) in [6, 6.07) is 7.47. The van der Waals surface area contributed by atoms with Crippen LogP contribution in [-0.4, -0.2) is 41.5 Å². The smallest absolute Gasteiger partial charge is 0.317 e. The Balaban J connectivity index is 2.55. The summed E-state index contributed by atoms with van der Waals surface area (Å²) in [5.74, 6) is -1.13. The van der Waals surface area contributed by atoms with E-state index in [2.05, 4.69) is 5.32 Å². The molecule has 0 atom stereocenters. The van der Waals surface area contributed by atoms with Crippen LogP contribution in [0.15, 0.2) is 24.3 Å². The first-order chi connectivity index (χ1) is 8.52. The molecule has 1 aromatic carbocycles. The van der Waals surface area contributed by atoms with Crippen LogP contribution in [0, 0.1) is 6.92 Å². The van der Waals surface area contributed by atoms with Gasteiger partial charge in [-0.25, -0.2) is 0 Å². The summed E-state index contributed by atoms with van der Waals surface area (Å²) in [6.45, 7) is 4.21. The maximum atomic E-state index is 11.8. The quantitative estimate of drug-likeness (QED) is 0.799. The van der Waals surface area contributed by atoms with Crippen molar-refractivity contribution in [2.75, 3.05) is 25.0 Å². The van der Waals surface area contributed by atoms with Gasteiger partial charge in [0.1, 0.15) is 0 Å². The number of anilines is 1. The molecule has 1 aromatic rings. The van der Waals surface area contributed by atoms with Gasteiger partial charge in [0.2, 0.25) is 5.91 Å². The van der Waals surface area contributed by atoms with E-state index in [0.29, 0.717) is 6.54 Å². The molecule has 5 heteroatoms. The molecule has 0 unspecified atom stereocenters. The van der Waals surface area contributed by atoms with E-state index in [1.807, 2.05) is 38.1 Å². The van der Waals surface area contributed by atoms with E-state index in [0.717, 1.165) is 11.3 Å². The van der Waals surface area contributed by atoms with Crippen LogP contribution in [0.3, 0.4) is 0 Å². The van der Waals surface area contributed by atoms with Gasteiger partial charge in [-0.05, 0) is 25.1 Å². The number of para-hydroxylation sites is 1. The second kappa shape index (κ2) is 6.76. The highest BCUT2D eigenvalue weighted by Crippen LogP contribution is 2.12. The van der Waals surface area contributed by atoms with Crippen molar-refractivity contribution < 1.29 is 14.7 Å². The van der Waals surface area contributed by atoms with Crippen LogP contribution in [0.25, 0.3) is 0 Å². The summed E-state index contributed by atoms with van der Waals surface area (Å²) in [7, 11) is 0. The van der Waals surface area contributed by atoms with E-state index in [-0.39, 0.29) is 19.0 Å². The summed E-state index contributed by atoms with van der Waals surface area (Å²) < 4.78 is 0. The molecule has 0 aromatic heterocycles. The third-order valence-corrected chi connectivity index (χ3v) is 2.59. The number of hydrogen-bond donors (Lipinski definition) is 2. The van der Waals surface area contributed by atoms with Crippen molar-refractivity contribution in [3.8, 4) is 0 Å². The molecule has 98 valence electrons. The third-order valence-electron chi connectivity index (χ3n) is 2.59. The molecule has 2 N–H and O–H groups in total.